The average molecular weight is 272 g/mol. The van der Waals surface area contributed by atoms with Gasteiger partial charge >= 0.3 is 0 Å². The second kappa shape index (κ2) is 6.75. The highest BCUT2D eigenvalue weighted by Gasteiger charge is 2.00. The average Bonchev–Trinajstić information content (AvgIpc) is 2.43. The van der Waals surface area contributed by atoms with Crippen molar-refractivity contribution in [2.24, 2.45) is 0 Å². The first kappa shape index (κ1) is 14.1. The number of benzene rings is 1. The summed E-state index contributed by atoms with van der Waals surface area (Å²) in [5.74, 6) is 2.40. The molecule has 0 amide bonds. The van der Waals surface area contributed by atoms with Gasteiger partial charge in [0.1, 0.15) is 24.0 Å². The maximum absolute atomic E-state index is 5.69. The molecule has 0 aliphatic carbocycles. The lowest BCUT2D eigenvalue weighted by Crippen LogP contribution is -2.13. The Kier molecular flexibility index (Phi) is 4.76. The summed E-state index contributed by atoms with van der Waals surface area (Å²) in [5, 5.41) is 3.24. The van der Waals surface area contributed by atoms with Crippen LogP contribution in [0.15, 0.2) is 30.3 Å². The second-order valence-electron chi connectivity index (χ2n) is 4.49. The number of ether oxygens (including phenoxy) is 1. The second-order valence-corrected chi connectivity index (χ2v) is 4.49. The van der Waals surface area contributed by atoms with Crippen LogP contribution < -0.4 is 15.8 Å². The molecule has 0 unspecified atom stereocenters. The minimum atomic E-state index is 0.550. The van der Waals surface area contributed by atoms with Gasteiger partial charge in [-0.25, -0.2) is 9.97 Å². The molecular formula is C15H20N4O. The van der Waals surface area contributed by atoms with Gasteiger partial charge in [-0.3, -0.25) is 0 Å². The largest absolute Gasteiger partial charge is 0.492 e. The minimum Gasteiger partial charge on any atom is -0.492 e. The Labute approximate surface area is 119 Å². The van der Waals surface area contributed by atoms with Crippen LogP contribution in [0.3, 0.4) is 0 Å². The van der Waals surface area contributed by atoms with Crippen LogP contribution in [0.5, 0.6) is 5.75 Å². The number of hydrogen-bond donors (Lipinski definition) is 2. The number of rotatable bonds is 6. The summed E-state index contributed by atoms with van der Waals surface area (Å²) >= 11 is 0. The van der Waals surface area contributed by atoms with E-state index in [2.05, 4.69) is 22.2 Å². The Morgan fingerprint density at radius 1 is 1.25 bits per heavy atom. The fraction of sp³-hybridized carbons (Fsp3) is 0.333. The first-order valence-electron chi connectivity index (χ1n) is 6.74. The summed E-state index contributed by atoms with van der Waals surface area (Å²) in [7, 11) is 0. The van der Waals surface area contributed by atoms with Crippen molar-refractivity contribution in [3.8, 4) is 5.75 Å². The minimum absolute atomic E-state index is 0.550. The third-order valence-electron chi connectivity index (χ3n) is 2.79. The lowest BCUT2D eigenvalue weighted by molar-refractivity contribution is 0.333. The first-order valence-corrected chi connectivity index (χ1v) is 6.74. The van der Waals surface area contributed by atoms with E-state index in [-0.39, 0.29) is 0 Å². The normalized spacial score (nSPS) is 10.3. The summed E-state index contributed by atoms with van der Waals surface area (Å²) in [6, 6.07) is 9.37. The SMILES string of the molecule is CCc1cc(NCCOc2cccc(N)c2)nc(C)n1. The van der Waals surface area contributed by atoms with Crippen LogP contribution in [-0.4, -0.2) is 23.1 Å². The van der Waals surface area contributed by atoms with Gasteiger partial charge in [0.2, 0.25) is 0 Å². The highest BCUT2D eigenvalue weighted by atomic mass is 16.5. The van der Waals surface area contributed by atoms with Crippen molar-refractivity contribution in [3.05, 3.63) is 41.9 Å². The topological polar surface area (TPSA) is 73.1 Å². The molecule has 0 fully saturated rings. The fourth-order valence-corrected chi connectivity index (χ4v) is 1.85. The highest BCUT2D eigenvalue weighted by molar-refractivity contribution is 5.43. The van der Waals surface area contributed by atoms with Crippen LogP contribution in [0, 0.1) is 6.92 Å². The van der Waals surface area contributed by atoms with Crippen LogP contribution >= 0.6 is 0 Å². The predicted octanol–water partition coefficient (Wildman–Crippen LogP) is 2.42. The Morgan fingerprint density at radius 2 is 2.10 bits per heavy atom. The van der Waals surface area contributed by atoms with Crippen LogP contribution in [-0.2, 0) is 6.42 Å². The zero-order chi connectivity index (χ0) is 14.4. The number of nitrogens with zero attached hydrogens (tertiary/aromatic N) is 2. The molecule has 0 radical (unpaired) electrons. The van der Waals surface area contributed by atoms with Gasteiger partial charge < -0.3 is 15.8 Å². The molecule has 0 aliphatic heterocycles. The molecule has 20 heavy (non-hydrogen) atoms. The van der Waals surface area contributed by atoms with Crippen molar-refractivity contribution in [2.75, 3.05) is 24.2 Å². The molecule has 1 aromatic heterocycles. The lowest BCUT2D eigenvalue weighted by Gasteiger charge is -2.09. The number of nitrogen functional groups attached to an aromatic ring is 1. The Bertz CT molecular complexity index is 572. The molecule has 0 saturated carbocycles. The van der Waals surface area contributed by atoms with Gasteiger partial charge in [0.15, 0.2) is 0 Å². The van der Waals surface area contributed by atoms with E-state index in [0.717, 1.165) is 29.5 Å². The Hall–Kier alpha value is -2.30. The molecular weight excluding hydrogens is 252 g/mol. The van der Waals surface area contributed by atoms with Crippen LogP contribution in [0.4, 0.5) is 11.5 Å². The van der Waals surface area contributed by atoms with Crippen molar-refractivity contribution in [3.63, 3.8) is 0 Å². The van der Waals surface area contributed by atoms with E-state index in [4.69, 9.17) is 10.5 Å². The van der Waals surface area contributed by atoms with Gasteiger partial charge in [-0.05, 0) is 25.5 Å². The molecule has 0 saturated heterocycles. The molecule has 0 spiro atoms. The van der Waals surface area contributed by atoms with Crippen LogP contribution in [0.2, 0.25) is 0 Å². The number of aryl methyl sites for hydroxylation is 2. The number of hydrogen-bond acceptors (Lipinski definition) is 5. The third-order valence-corrected chi connectivity index (χ3v) is 2.79. The first-order chi connectivity index (χ1) is 9.67. The van der Waals surface area contributed by atoms with E-state index in [1.165, 1.54) is 0 Å². The zero-order valence-electron chi connectivity index (χ0n) is 11.9. The molecule has 0 atom stereocenters. The smallest absolute Gasteiger partial charge is 0.130 e. The number of nitrogens with one attached hydrogen (secondary N) is 1. The third kappa shape index (κ3) is 4.12. The van der Waals surface area contributed by atoms with Crippen molar-refractivity contribution in [1.82, 2.24) is 9.97 Å². The predicted molar refractivity (Wildman–Crippen MR) is 81.0 cm³/mol. The van der Waals surface area contributed by atoms with Gasteiger partial charge in [-0.15, -0.1) is 0 Å². The van der Waals surface area contributed by atoms with E-state index >= 15 is 0 Å². The maximum atomic E-state index is 5.69. The van der Waals surface area contributed by atoms with Gasteiger partial charge in [-0.2, -0.15) is 0 Å². The van der Waals surface area contributed by atoms with Crippen molar-refractivity contribution in [1.29, 1.82) is 0 Å². The van der Waals surface area contributed by atoms with Gasteiger partial charge in [0.25, 0.3) is 0 Å². The Morgan fingerprint density at radius 3 is 2.85 bits per heavy atom. The monoisotopic (exact) mass is 272 g/mol. The van der Waals surface area contributed by atoms with Crippen LogP contribution in [0.25, 0.3) is 0 Å². The molecule has 1 heterocycles. The summed E-state index contributed by atoms with van der Waals surface area (Å²) in [6.07, 6.45) is 0.901. The number of aromatic nitrogens is 2. The Balaban J connectivity index is 1.82. The molecule has 5 nitrogen and oxygen atoms in total. The molecule has 2 rings (SSSR count). The molecule has 3 N–H and O–H groups in total. The maximum Gasteiger partial charge on any atom is 0.130 e. The summed E-state index contributed by atoms with van der Waals surface area (Å²) < 4.78 is 5.61. The van der Waals surface area contributed by atoms with Gasteiger partial charge in [-0.1, -0.05) is 13.0 Å². The number of anilines is 2. The van der Waals surface area contributed by atoms with Gasteiger partial charge in [0.05, 0.1) is 6.54 Å². The standard InChI is InChI=1S/C15H20N4O/c1-3-13-10-15(19-11(2)18-13)17-7-8-20-14-6-4-5-12(16)9-14/h4-6,9-10H,3,7-8,16H2,1-2H3,(H,17,18,19). The molecule has 5 heteroatoms. The highest BCUT2D eigenvalue weighted by Crippen LogP contribution is 2.14. The molecule has 2 aromatic rings. The van der Waals surface area contributed by atoms with Crippen molar-refractivity contribution >= 4 is 11.5 Å². The van der Waals surface area contributed by atoms with E-state index in [1.54, 1.807) is 0 Å². The van der Waals surface area contributed by atoms with Crippen LogP contribution in [0.1, 0.15) is 18.4 Å². The van der Waals surface area contributed by atoms with Gasteiger partial charge in [0, 0.05) is 23.5 Å². The van der Waals surface area contributed by atoms with Crippen molar-refractivity contribution in [2.45, 2.75) is 20.3 Å². The summed E-state index contributed by atoms with van der Waals surface area (Å²) in [6.45, 7) is 5.20. The quantitative estimate of drug-likeness (QED) is 0.624. The molecule has 0 aliphatic rings. The fourth-order valence-electron chi connectivity index (χ4n) is 1.85. The van der Waals surface area contributed by atoms with E-state index in [9.17, 15) is 0 Å². The number of nitrogens with two attached hydrogens (primary N) is 1. The van der Waals surface area contributed by atoms with Crippen molar-refractivity contribution < 1.29 is 4.74 Å². The summed E-state index contributed by atoms with van der Waals surface area (Å²) in [4.78, 5) is 8.68. The van der Waals surface area contributed by atoms with E-state index in [0.29, 0.717) is 18.8 Å². The van der Waals surface area contributed by atoms with E-state index in [1.807, 2.05) is 37.3 Å². The van der Waals surface area contributed by atoms with E-state index < -0.39 is 0 Å². The lowest BCUT2D eigenvalue weighted by atomic mass is 10.3. The molecule has 0 bridgehead atoms. The summed E-state index contributed by atoms with van der Waals surface area (Å²) in [5.41, 5.74) is 7.43. The molecule has 106 valence electrons. The zero-order valence-corrected chi connectivity index (χ0v) is 11.9. The molecule has 1 aromatic carbocycles.